The number of rotatable bonds is 8. The molecule has 3 aromatic carbocycles. The van der Waals surface area contributed by atoms with E-state index in [0.29, 0.717) is 40.3 Å². The van der Waals surface area contributed by atoms with Crippen LogP contribution in [-0.4, -0.2) is 46.5 Å². The van der Waals surface area contributed by atoms with Crippen molar-refractivity contribution in [1.82, 2.24) is 15.1 Å². The Hall–Kier alpha value is -4.84. The molecule has 1 heterocycles. The number of benzene rings is 3. The van der Waals surface area contributed by atoms with Crippen molar-refractivity contribution < 1.29 is 24.2 Å². The van der Waals surface area contributed by atoms with Crippen LogP contribution in [0, 0.1) is 35.0 Å². The van der Waals surface area contributed by atoms with Gasteiger partial charge in [0.15, 0.2) is 5.69 Å². The van der Waals surface area contributed by atoms with Crippen molar-refractivity contribution >= 4 is 22.6 Å². The van der Waals surface area contributed by atoms with Crippen LogP contribution in [0.3, 0.4) is 0 Å². The van der Waals surface area contributed by atoms with E-state index in [1.807, 2.05) is 54.6 Å². The second-order valence-corrected chi connectivity index (χ2v) is 12.4. The van der Waals surface area contributed by atoms with Gasteiger partial charge in [0, 0.05) is 5.39 Å². The van der Waals surface area contributed by atoms with E-state index in [9.17, 15) is 20.0 Å². The van der Waals surface area contributed by atoms with Crippen LogP contribution in [0.5, 0.6) is 11.5 Å². The van der Waals surface area contributed by atoms with Crippen LogP contribution in [0.1, 0.15) is 48.2 Å². The molecule has 0 saturated heterocycles. The lowest BCUT2D eigenvalue weighted by molar-refractivity contribution is -0.163. The minimum absolute atomic E-state index is 0.0901. The minimum Gasteiger partial charge on any atom is -0.496 e. The van der Waals surface area contributed by atoms with Gasteiger partial charge >= 0.3 is 5.97 Å². The molecule has 1 aromatic heterocycles. The predicted octanol–water partition coefficient (Wildman–Crippen LogP) is 5.79. The molecule has 4 bridgehead atoms. The number of nitrogens with zero attached hydrogens (tertiary/aromatic N) is 3. The Morgan fingerprint density at radius 1 is 0.955 bits per heavy atom. The highest BCUT2D eigenvalue weighted by Crippen LogP contribution is 2.58. The molecule has 9 heteroatoms. The number of aliphatic carboxylic acids is 1. The van der Waals surface area contributed by atoms with Crippen molar-refractivity contribution in [2.45, 2.75) is 44.1 Å². The number of carboxylic acids is 1. The highest BCUT2D eigenvalue weighted by Gasteiger charge is 2.62. The molecule has 4 aliphatic carbocycles. The monoisotopic (exact) mass is 590 g/mol. The van der Waals surface area contributed by atoms with E-state index < -0.39 is 17.4 Å². The quantitative estimate of drug-likeness (QED) is 0.266. The van der Waals surface area contributed by atoms with E-state index in [2.05, 4.69) is 11.4 Å². The lowest BCUT2D eigenvalue weighted by Gasteiger charge is -2.59. The smallest absolute Gasteiger partial charge is 0.330 e. The number of carboxylic acid groups (broad SMARTS) is 1. The molecule has 0 radical (unpaired) electrons. The van der Waals surface area contributed by atoms with Gasteiger partial charge in [0.2, 0.25) is 0 Å². The molecule has 8 rings (SSSR count). The molecule has 224 valence electrons. The molecule has 1 amide bonds. The number of ether oxygens (including phenoxy) is 2. The van der Waals surface area contributed by atoms with Gasteiger partial charge < -0.3 is 19.9 Å². The second-order valence-electron chi connectivity index (χ2n) is 12.4. The van der Waals surface area contributed by atoms with Gasteiger partial charge in [-0.3, -0.25) is 4.79 Å². The molecule has 0 atom stereocenters. The Morgan fingerprint density at radius 2 is 1.59 bits per heavy atom. The van der Waals surface area contributed by atoms with Gasteiger partial charge in [0.1, 0.15) is 17.0 Å². The van der Waals surface area contributed by atoms with Gasteiger partial charge in [-0.1, -0.05) is 36.4 Å². The van der Waals surface area contributed by atoms with Crippen LogP contribution in [0.4, 0.5) is 0 Å². The molecular formula is C35H34N4O5. The van der Waals surface area contributed by atoms with Crippen molar-refractivity contribution in [2.24, 2.45) is 23.7 Å². The average Bonchev–Trinajstić information content (AvgIpc) is 3.47. The molecule has 44 heavy (non-hydrogen) atoms. The fourth-order valence-corrected chi connectivity index (χ4v) is 8.51. The third-order valence-electron chi connectivity index (χ3n) is 10.2. The maximum Gasteiger partial charge on any atom is 0.330 e. The van der Waals surface area contributed by atoms with Crippen molar-refractivity contribution in [3.8, 4) is 34.5 Å². The Morgan fingerprint density at radius 3 is 2.18 bits per heavy atom. The number of nitrogens with one attached hydrogen (secondary N) is 1. The van der Waals surface area contributed by atoms with Gasteiger partial charge in [-0.25, -0.2) is 9.48 Å². The first-order valence-electron chi connectivity index (χ1n) is 15.1. The molecule has 4 aromatic rings. The normalized spacial score (nSPS) is 25.0. The van der Waals surface area contributed by atoms with E-state index >= 15 is 0 Å². The number of fused-ring (bicyclic) bond motifs is 1. The number of aromatic nitrogens is 2. The van der Waals surface area contributed by atoms with E-state index in [1.165, 1.54) is 6.42 Å². The largest absolute Gasteiger partial charge is 0.496 e. The lowest BCUT2D eigenvalue weighted by Crippen LogP contribution is -2.70. The summed E-state index contributed by atoms with van der Waals surface area (Å²) in [4.78, 5) is 27.1. The third kappa shape index (κ3) is 4.23. The first-order chi connectivity index (χ1) is 21.4. The molecule has 2 N–H and O–H groups in total. The standard InChI is InChI=1S/C35H34N4O5/c1-43-30-8-5-9-31(44-2)32(30)29-19-27(38-39(29)28-11-10-22(12-13-36)25-6-3-4-7-26(25)28)33(40)37-35(34(41)42)23-15-20-14-21(17-23)18-24(35)16-20/h3-11,19-21,23-24H,12,14-18H2,1-2H3,(H,37,40)(H,41,42). The lowest BCUT2D eigenvalue weighted by atomic mass is 9.48. The van der Waals surface area contributed by atoms with Crippen LogP contribution >= 0.6 is 0 Å². The second kappa shape index (κ2) is 10.7. The molecule has 4 saturated carbocycles. The Labute approximate surface area is 255 Å². The highest BCUT2D eigenvalue weighted by atomic mass is 16.5. The predicted molar refractivity (Wildman–Crippen MR) is 164 cm³/mol. The summed E-state index contributed by atoms with van der Waals surface area (Å²) >= 11 is 0. The topological polar surface area (TPSA) is 126 Å². The summed E-state index contributed by atoms with van der Waals surface area (Å²) < 4.78 is 13.2. The van der Waals surface area contributed by atoms with Gasteiger partial charge in [-0.05, 0) is 91.0 Å². The summed E-state index contributed by atoms with van der Waals surface area (Å²) in [5.74, 6) is 0.507. The zero-order valence-corrected chi connectivity index (χ0v) is 24.7. The number of nitriles is 1. The SMILES string of the molecule is COc1cccc(OC)c1-c1cc(C(=O)NC2(C(=O)O)C3CC4CC(C3)CC2C4)nn1-c1ccc(CC#N)c2ccccc12. The van der Waals surface area contributed by atoms with Crippen LogP contribution in [0.2, 0.25) is 0 Å². The molecule has 0 aliphatic heterocycles. The first-order valence-corrected chi connectivity index (χ1v) is 15.1. The van der Waals surface area contributed by atoms with Crippen molar-refractivity contribution in [3.05, 3.63) is 71.9 Å². The molecule has 0 spiro atoms. The van der Waals surface area contributed by atoms with Crippen LogP contribution in [0.15, 0.2) is 60.7 Å². The number of hydrogen-bond acceptors (Lipinski definition) is 6. The summed E-state index contributed by atoms with van der Waals surface area (Å²) in [7, 11) is 3.14. The highest BCUT2D eigenvalue weighted by molar-refractivity contribution is 5.99. The van der Waals surface area contributed by atoms with Crippen molar-refractivity contribution in [1.29, 1.82) is 5.26 Å². The van der Waals surface area contributed by atoms with Crippen LogP contribution < -0.4 is 14.8 Å². The van der Waals surface area contributed by atoms with Gasteiger partial charge in [0.05, 0.1) is 43.7 Å². The molecule has 4 fully saturated rings. The summed E-state index contributed by atoms with van der Waals surface area (Å²) in [5, 5.41) is 29.7. The third-order valence-corrected chi connectivity index (χ3v) is 10.2. The summed E-state index contributed by atoms with van der Waals surface area (Å²) in [5.41, 5.74) is 1.55. The molecule has 4 aliphatic rings. The molecule has 9 nitrogen and oxygen atoms in total. The van der Waals surface area contributed by atoms with E-state index in [-0.39, 0.29) is 24.0 Å². The number of carbonyl (C=O) groups is 2. The van der Waals surface area contributed by atoms with Gasteiger partial charge in [-0.2, -0.15) is 10.4 Å². The van der Waals surface area contributed by atoms with E-state index in [0.717, 1.165) is 42.0 Å². The fourth-order valence-electron chi connectivity index (χ4n) is 8.51. The Balaban J connectivity index is 1.39. The van der Waals surface area contributed by atoms with Crippen LogP contribution in [0.25, 0.3) is 27.7 Å². The summed E-state index contributed by atoms with van der Waals surface area (Å²) in [6, 6.07) is 21.0. The summed E-state index contributed by atoms with van der Waals surface area (Å²) in [6.07, 6.45) is 4.75. The van der Waals surface area contributed by atoms with Gasteiger partial charge in [-0.15, -0.1) is 0 Å². The van der Waals surface area contributed by atoms with E-state index in [4.69, 9.17) is 14.6 Å². The number of carbonyl (C=O) groups excluding carboxylic acids is 1. The number of hydrogen-bond donors (Lipinski definition) is 2. The average molecular weight is 591 g/mol. The van der Waals surface area contributed by atoms with Crippen LogP contribution in [-0.2, 0) is 11.2 Å². The maximum absolute atomic E-state index is 14.1. The Bertz CT molecular complexity index is 1790. The molecule has 0 unspecified atom stereocenters. The van der Waals surface area contributed by atoms with Gasteiger partial charge in [0.25, 0.3) is 5.91 Å². The maximum atomic E-state index is 14.1. The minimum atomic E-state index is -1.30. The first kappa shape index (κ1) is 28.0. The van der Waals surface area contributed by atoms with E-state index in [1.54, 1.807) is 25.0 Å². The zero-order chi connectivity index (χ0) is 30.6. The molecular weight excluding hydrogens is 556 g/mol. The number of amides is 1. The fraction of sp³-hybridized carbons (Fsp3) is 0.371. The summed E-state index contributed by atoms with van der Waals surface area (Å²) in [6.45, 7) is 0. The van der Waals surface area contributed by atoms with Crippen molar-refractivity contribution in [3.63, 3.8) is 0 Å². The van der Waals surface area contributed by atoms with Crippen molar-refractivity contribution in [2.75, 3.05) is 14.2 Å². The zero-order valence-electron chi connectivity index (χ0n) is 24.7. The Kier molecular flexibility index (Phi) is 6.80. The number of methoxy groups -OCH3 is 2.